The Hall–Kier alpha value is -1.17. The highest BCUT2D eigenvalue weighted by Crippen LogP contribution is 2.05. The summed E-state index contributed by atoms with van der Waals surface area (Å²) in [5.74, 6) is -0.436. The van der Waals surface area contributed by atoms with E-state index in [1.54, 1.807) is 6.92 Å². The highest BCUT2D eigenvalue weighted by Gasteiger charge is 2.05. The van der Waals surface area contributed by atoms with Crippen LogP contribution in [0.3, 0.4) is 0 Å². The number of primary amides is 1. The van der Waals surface area contributed by atoms with Gasteiger partial charge in [0.05, 0.1) is 12.0 Å². The molecular formula is C8H10BrN3O2. The third-order valence-electron chi connectivity index (χ3n) is 1.76. The van der Waals surface area contributed by atoms with Crippen molar-refractivity contribution in [3.63, 3.8) is 0 Å². The standard InChI is InChI=1S/C8H10BrN3O2/c1-5-7(9)8(14)12(4-11-5)3-2-6(10)13/h4H,2-3H2,1H3,(H2,10,13). The fraction of sp³-hybridized carbons (Fsp3) is 0.375. The molecule has 6 heteroatoms. The minimum Gasteiger partial charge on any atom is -0.370 e. The highest BCUT2D eigenvalue weighted by molar-refractivity contribution is 9.10. The molecule has 0 fully saturated rings. The number of amides is 1. The van der Waals surface area contributed by atoms with Gasteiger partial charge < -0.3 is 5.73 Å². The van der Waals surface area contributed by atoms with E-state index in [1.807, 2.05) is 0 Å². The average Bonchev–Trinajstić information content (AvgIpc) is 2.13. The van der Waals surface area contributed by atoms with Crippen molar-refractivity contribution in [1.82, 2.24) is 9.55 Å². The van der Waals surface area contributed by atoms with Crippen LogP contribution in [-0.4, -0.2) is 15.5 Å². The Morgan fingerprint density at radius 2 is 2.36 bits per heavy atom. The molecule has 0 aliphatic carbocycles. The van der Waals surface area contributed by atoms with Crippen LogP contribution in [0.1, 0.15) is 12.1 Å². The predicted octanol–water partition coefficient (Wildman–Crippen LogP) is 0.190. The average molecular weight is 260 g/mol. The number of nitrogens with zero attached hydrogens (tertiary/aromatic N) is 2. The lowest BCUT2D eigenvalue weighted by atomic mass is 10.4. The second-order valence-corrected chi connectivity index (χ2v) is 3.65. The van der Waals surface area contributed by atoms with E-state index >= 15 is 0 Å². The SMILES string of the molecule is Cc1ncn(CCC(N)=O)c(=O)c1Br. The van der Waals surface area contributed by atoms with Crippen molar-refractivity contribution < 1.29 is 4.79 Å². The molecule has 76 valence electrons. The van der Waals surface area contributed by atoms with Crippen molar-refractivity contribution in [1.29, 1.82) is 0 Å². The van der Waals surface area contributed by atoms with Crippen LogP contribution in [0.25, 0.3) is 0 Å². The Morgan fingerprint density at radius 3 is 2.93 bits per heavy atom. The normalized spacial score (nSPS) is 10.1. The molecular weight excluding hydrogens is 250 g/mol. The Labute approximate surface area is 89.1 Å². The predicted molar refractivity (Wildman–Crippen MR) is 54.7 cm³/mol. The molecule has 1 aromatic rings. The molecule has 0 unspecified atom stereocenters. The second-order valence-electron chi connectivity index (χ2n) is 2.86. The van der Waals surface area contributed by atoms with Crippen LogP contribution in [0, 0.1) is 6.92 Å². The topological polar surface area (TPSA) is 78.0 Å². The molecule has 0 aromatic carbocycles. The third-order valence-corrected chi connectivity index (χ3v) is 2.67. The third kappa shape index (κ3) is 2.41. The van der Waals surface area contributed by atoms with E-state index in [-0.39, 0.29) is 18.5 Å². The summed E-state index contributed by atoms with van der Waals surface area (Å²) in [5.41, 5.74) is 5.41. The van der Waals surface area contributed by atoms with Crippen LogP contribution in [0.2, 0.25) is 0 Å². The van der Waals surface area contributed by atoms with E-state index in [0.29, 0.717) is 10.2 Å². The Balaban J connectivity index is 2.95. The number of rotatable bonds is 3. The number of carbonyl (C=O) groups is 1. The fourth-order valence-corrected chi connectivity index (χ4v) is 1.27. The minimum absolute atomic E-state index is 0.136. The van der Waals surface area contributed by atoms with Crippen LogP contribution in [0.15, 0.2) is 15.6 Å². The van der Waals surface area contributed by atoms with Gasteiger partial charge in [0.15, 0.2) is 0 Å². The van der Waals surface area contributed by atoms with Gasteiger partial charge in [-0.2, -0.15) is 0 Å². The molecule has 5 nitrogen and oxygen atoms in total. The van der Waals surface area contributed by atoms with Gasteiger partial charge >= 0.3 is 0 Å². The summed E-state index contributed by atoms with van der Waals surface area (Å²) < 4.78 is 1.77. The van der Waals surface area contributed by atoms with E-state index in [9.17, 15) is 9.59 Å². The summed E-state index contributed by atoms with van der Waals surface area (Å²) in [6.07, 6.45) is 1.54. The molecule has 2 N–H and O–H groups in total. The van der Waals surface area contributed by atoms with E-state index in [1.165, 1.54) is 10.9 Å². The first kappa shape index (κ1) is 10.9. The van der Waals surface area contributed by atoms with Crippen molar-refractivity contribution in [2.45, 2.75) is 19.9 Å². The van der Waals surface area contributed by atoms with Gasteiger partial charge in [-0.05, 0) is 22.9 Å². The number of carbonyl (C=O) groups excluding carboxylic acids is 1. The molecule has 0 spiro atoms. The summed E-state index contributed by atoms with van der Waals surface area (Å²) in [7, 11) is 0. The van der Waals surface area contributed by atoms with E-state index < -0.39 is 5.91 Å². The fourth-order valence-electron chi connectivity index (χ4n) is 0.936. The van der Waals surface area contributed by atoms with Gasteiger partial charge in [-0.25, -0.2) is 4.98 Å². The molecule has 0 saturated carbocycles. The quantitative estimate of drug-likeness (QED) is 0.842. The molecule has 1 rings (SSSR count). The van der Waals surface area contributed by atoms with Gasteiger partial charge in [0.25, 0.3) is 5.56 Å². The summed E-state index contributed by atoms with van der Waals surface area (Å²) in [6, 6.07) is 0. The molecule has 14 heavy (non-hydrogen) atoms. The largest absolute Gasteiger partial charge is 0.370 e. The van der Waals surface area contributed by atoms with Gasteiger partial charge in [0.1, 0.15) is 4.47 Å². The van der Waals surface area contributed by atoms with Gasteiger partial charge in [0, 0.05) is 13.0 Å². The molecule has 0 atom stereocenters. The molecule has 0 aliphatic heterocycles. The lowest BCUT2D eigenvalue weighted by molar-refractivity contribution is -0.118. The van der Waals surface area contributed by atoms with E-state index in [4.69, 9.17) is 5.73 Å². The molecule has 1 heterocycles. The van der Waals surface area contributed by atoms with Crippen LogP contribution in [0.4, 0.5) is 0 Å². The van der Waals surface area contributed by atoms with Gasteiger partial charge in [-0.1, -0.05) is 0 Å². The maximum absolute atomic E-state index is 11.5. The van der Waals surface area contributed by atoms with Crippen LogP contribution < -0.4 is 11.3 Å². The van der Waals surface area contributed by atoms with Crippen LogP contribution in [0.5, 0.6) is 0 Å². The van der Waals surface area contributed by atoms with Crippen LogP contribution in [-0.2, 0) is 11.3 Å². The second kappa shape index (κ2) is 4.36. The number of halogens is 1. The first-order valence-electron chi connectivity index (χ1n) is 4.02. The summed E-state index contributed by atoms with van der Waals surface area (Å²) in [6.45, 7) is 1.99. The van der Waals surface area contributed by atoms with Crippen molar-refractivity contribution in [2.24, 2.45) is 5.73 Å². The van der Waals surface area contributed by atoms with Gasteiger partial charge in [-0.15, -0.1) is 0 Å². The molecule has 1 aromatic heterocycles. The number of hydrogen-bond donors (Lipinski definition) is 1. The van der Waals surface area contributed by atoms with Gasteiger partial charge in [-0.3, -0.25) is 14.2 Å². The van der Waals surface area contributed by atoms with Crippen molar-refractivity contribution in [3.05, 3.63) is 26.8 Å². The first-order valence-corrected chi connectivity index (χ1v) is 4.81. The molecule has 1 amide bonds. The molecule has 0 radical (unpaired) electrons. The molecule has 0 saturated heterocycles. The van der Waals surface area contributed by atoms with E-state index in [0.717, 1.165) is 0 Å². The zero-order chi connectivity index (χ0) is 10.7. The maximum atomic E-state index is 11.5. The highest BCUT2D eigenvalue weighted by atomic mass is 79.9. The summed E-state index contributed by atoms with van der Waals surface area (Å²) in [4.78, 5) is 26.0. The number of nitrogens with two attached hydrogens (primary N) is 1. The minimum atomic E-state index is -0.436. The first-order chi connectivity index (χ1) is 6.52. The lowest BCUT2D eigenvalue weighted by Gasteiger charge is -2.04. The lowest BCUT2D eigenvalue weighted by Crippen LogP contribution is -2.24. The molecule has 0 bridgehead atoms. The monoisotopic (exact) mass is 259 g/mol. The Bertz CT molecular complexity index is 414. The van der Waals surface area contributed by atoms with Crippen molar-refractivity contribution in [2.75, 3.05) is 0 Å². The van der Waals surface area contributed by atoms with E-state index in [2.05, 4.69) is 20.9 Å². The zero-order valence-corrected chi connectivity index (χ0v) is 9.24. The smallest absolute Gasteiger partial charge is 0.267 e. The number of aromatic nitrogens is 2. The molecule has 0 aliphatic rings. The van der Waals surface area contributed by atoms with Crippen LogP contribution >= 0.6 is 15.9 Å². The summed E-state index contributed by atoms with van der Waals surface area (Å²) >= 11 is 3.12. The van der Waals surface area contributed by atoms with Crippen molar-refractivity contribution >= 4 is 21.8 Å². The van der Waals surface area contributed by atoms with Crippen molar-refractivity contribution in [3.8, 4) is 0 Å². The zero-order valence-electron chi connectivity index (χ0n) is 7.66. The Morgan fingerprint density at radius 1 is 1.71 bits per heavy atom. The number of aryl methyl sites for hydroxylation is 2. The maximum Gasteiger partial charge on any atom is 0.267 e. The van der Waals surface area contributed by atoms with Gasteiger partial charge in [0.2, 0.25) is 5.91 Å². The Kier molecular flexibility index (Phi) is 3.40. The number of hydrogen-bond acceptors (Lipinski definition) is 3. The summed E-state index contributed by atoms with van der Waals surface area (Å²) in [5, 5.41) is 0.